The van der Waals surface area contributed by atoms with Crippen molar-refractivity contribution >= 4 is 17.2 Å². The third-order valence-corrected chi connectivity index (χ3v) is 3.33. The average molecular weight is 279 g/mol. The Morgan fingerprint density at radius 2 is 1.90 bits per heavy atom. The number of H-pyrrole nitrogens is 1. The predicted octanol–water partition coefficient (Wildman–Crippen LogP) is 3.11. The number of anilines is 1. The molecule has 0 saturated carbocycles. The summed E-state index contributed by atoms with van der Waals surface area (Å²) in [6.07, 6.45) is 4.37. The zero-order valence-corrected chi connectivity index (χ0v) is 10.8. The molecule has 5 nitrogen and oxygen atoms in total. The molecule has 0 bridgehead atoms. The molecule has 2 N–H and O–H groups in total. The Bertz CT molecular complexity index is 853. The lowest BCUT2D eigenvalue weighted by Crippen LogP contribution is -2.14. The topological polar surface area (TPSA) is 66.0 Å². The highest BCUT2D eigenvalue weighted by Crippen LogP contribution is 2.36. The Balaban J connectivity index is 1.96. The van der Waals surface area contributed by atoms with Gasteiger partial charge in [0.25, 0.3) is 0 Å². The van der Waals surface area contributed by atoms with Crippen LogP contribution in [0.4, 0.5) is 15.8 Å². The number of para-hydroxylation sites is 1. The maximum Gasteiger partial charge on any atom is 0.152 e. The first-order valence-corrected chi connectivity index (χ1v) is 6.41. The fourth-order valence-electron chi connectivity index (χ4n) is 2.34. The van der Waals surface area contributed by atoms with Crippen LogP contribution in [-0.2, 0) is 0 Å². The summed E-state index contributed by atoms with van der Waals surface area (Å²) < 4.78 is 14.0. The van der Waals surface area contributed by atoms with Crippen molar-refractivity contribution in [1.29, 1.82) is 0 Å². The minimum Gasteiger partial charge on any atom is -0.337 e. The van der Waals surface area contributed by atoms with Gasteiger partial charge < -0.3 is 5.32 Å². The van der Waals surface area contributed by atoms with Crippen LogP contribution in [0.5, 0.6) is 0 Å². The van der Waals surface area contributed by atoms with Crippen LogP contribution >= 0.6 is 0 Å². The van der Waals surface area contributed by atoms with Gasteiger partial charge in [0.2, 0.25) is 0 Å². The van der Waals surface area contributed by atoms with Gasteiger partial charge in [-0.1, -0.05) is 18.2 Å². The molecule has 0 unspecified atom stereocenters. The van der Waals surface area contributed by atoms with Crippen molar-refractivity contribution in [3.63, 3.8) is 0 Å². The fourth-order valence-corrected chi connectivity index (χ4v) is 2.34. The highest BCUT2D eigenvalue weighted by Gasteiger charge is 2.19. The van der Waals surface area contributed by atoms with E-state index in [-0.39, 0.29) is 0 Å². The number of nitrogens with zero attached hydrogens (tertiary/aromatic N) is 3. The van der Waals surface area contributed by atoms with Gasteiger partial charge in [0.1, 0.15) is 5.84 Å². The molecule has 0 aliphatic carbocycles. The van der Waals surface area contributed by atoms with Gasteiger partial charge in [0.05, 0.1) is 35.0 Å². The number of halogens is 1. The summed E-state index contributed by atoms with van der Waals surface area (Å²) in [5.41, 5.74) is 3.63. The van der Waals surface area contributed by atoms with E-state index >= 15 is 0 Å². The Hall–Kier alpha value is -3.02. The SMILES string of the molecule is Fc1cnccc1C1=Nc2ccccc2-c2[nH]ncc2N1. The van der Waals surface area contributed by atoms with Gasteiger partial charge in [-0.05, 0) is 12.1 Å². The van der Waals surface area contributed by atoms with E-state index in [1.54, 1.807) is 12.3 Å². The first-order chi connectivity index (χ1) is 10.3. The van der Waals surface area contributed by atoms with Crippen LogP contribution in [0.2, 0.25) is 0 Å². The second-order valence-electron chi connectivity index (χ2n) is 4.62. The summed E-state index contributed by atoms with van der Waals surface area (Å²) >= 11 is 0. The third-order valence-electron chi connectivity index (χ3n) is 3.33. The van der Waals surface area contributed by atoms with Gasteiger partial charge in [-0.3, -0.25) is 10.1 Å². The van der Waals surface area contributed by atoms with Crippen molar-refractivity contribution in [3.05, 3.63) is 60.3 Å². The van der Waals surface area contributed by atoms with Crippen molar-refractivity contribution in [2.45, 2.75) is 0 Å². The van der Waals surface area contributed by atoms with Crippen LogP contribution in [0, 0.1) is 5.82 Å². The Morgan fingerprint density at radius 3 is 2.81 bits per heavy atom. The number of aromatic amines is 1. The van der Waals surface area contributed by atoms with Crippen LogP contribution in [0.3, 0.4) is 0 Å². The van der Waals surface area contributed by atoms with Gasteiger partial charge in [0, 0.05) is 11.8 Å². The summed E-state index contributed by atoms with van der Waals surface area (Å²) in [6.45, 7) is 0. The second kappa shape index (κ2) is 4.52. The molecule has 3 heterocycles. The number of hydrogen-bond donors (Lipinski definition) is 2. The van der Waals surface area contributed by atoms with E-state index in [2.05, 4.69) is 25.5 Å². The van der Waals surface area contributed by atoms with Gasteiger partial charge in [0.15, 0.2) is 5.82 Å². The highest BCUT2D eigenvalue weighted by atomic mass is 19.1. The normalized spacial score (nSPS) is 12.7. The first-order valence-electron chi connectivity index (χ1n) is 6.41. The van der Waals surface area contributed by atoms with Crippen LogP contribution in [0.15, 0.2) is 53.9 Å². The predicted molar refractivity (Wildman–Crippen MR) is 78.0 cm³/mol. The number of pyridine rings is 1. The second-order valence-corrected chi connectivity index (χ2v) is 4.62. The zero-order chi connectivity index (χ0) is 14.2. The molecule has 0 amide bonds. The number of aromatic nitrogens is 3. The van der Waals surface area contributed by atoms with Gasteiger partial charge in [-0.15, -0.1) is 0 Å². The van der Waals surface area contributed by atoms with Crippen molar-refractivity contribution < 1.29 is 4.39 Å². The molecule has 102 valence electrons. The molecular formula is C15H10FN5. The minimum atomic E-state index is -0.423. The Kier molecular flexibility index (Phi) is 2.53. The quantitative estimate of drug-likeness (QED) is 0.719. The minimum absolute atomic E-state index is 0.369. The number of nitrogens with one attached hydrogen (secondary N) is 2. The molecule has 4 rings (SSSR count). The van der Waals surface area contributed by atoms with E-state index < -0.39 is 5.82 Å². The van der Waals surface area contributed by atoms with Crippen molar-refractivity contribution in [2.24, 2.45) is 4.99 Å². The monoisotopic (exact) mass is 279 g/mol. The average Bonchev–Trinajstić information content (AvgIpc) is 2.90. The van der Waals surface area contributed by atoms with Crippen LogP contribution in [-0.4, -0.2) is 21.0 Å². The molecular weight excluding hydrogens is 269 g/mol. The Morgan fingerprint density at radius 1 is 1.00 bits per heavy atom. The van der Waals surface area contributed by atoms with Gasteiger partial charge in [-0.2, -0.15) is 5.10 Å². The van der Waals surface area contributed by atoms with E-state index in [1.165, 1.54) is 12.4 Å². The summed E-state index contributed by atoms with van der Waals surface area (Å²) in [7, 11) is 0. The number of aliphatic imine (C=N–C) groups is 1. The summed E-state index contributed by atoms with van der Waals surface area (Å²) in [4.78, 5) is 8.31. The van der Waals surface area contributed by atoms with E-state index in [9.17, 15) is 4.39 Å². The lowest BCUT2D eigenvalue weighted by Gasteiger charge is -2.07. The molecule has 1 aliphatic heterocycles. The van der Waals surface area contributed by atoms with Gasteiger partial charge >= 0.3 is 0 Å². The zero-order valence-electron chi connectivity index (χ0n) is 10.8. The first kappa shape index (κ1) is 11.8. The maximum absolute atomic E-state index is 14.0. The maximum atomic E-state index is 14.0. The molecule has 21 heavy (non-hydrogen) atoms. The molecule has 0 saturated heterocycles. The number of hydrogen-bond acceptors (Lipinski definition) is 4. The molecule has 1 aliphatic rings. The van der Waals surface area contributed by atoms with E-state index in [4.69, 9.17) is 0 Å². The summed E-state index contributed by atoms with van der Waals surface area (Å²) in [5.74, 6) is 0.00989. The molecule has 0 fully saturated rings. The molecule has 0 radical (unpaired) electrons. The van der Waals surface area contributed by atoms with Crippen molar-refractivity contribution in [3.8, 4) is 11.3 Å². The Labute approximate surface area is 119 Å². The highest BCUT2D eigenvalue weighted by molar-refractivity contribution is 6.13. The van der Waals surface area contributed by atoms with Crippen molar-refractivity contribution in [1.82, 2.24) is 15.2 Å². The smallest absolute Gasteiger partial charge is 0.152 e. The molecule has 2 aromatic heterocycles. The lowest BCUT2D eigenvalue weighted by atomic mass is 10.1. The fraction of sp³-hybridized carbons (Fsp3) is 0. The molecule has 6 heteroatoms. The van der Waals surface area contributed by atoms with Crippen LogP contribution < -0.4 is 5.32 Å². The molecule has 1 aromatic carbocycles. The van der Waals surface area contributed by atoms with Gasteiger partial charge in [-0.25, -0.2) is 9.38 Å². The van der Waals surface area contributed by atoms with Crippen LogP contribution in [0.1, 0.15) is 5.56 Å². The largest absolute Gasteiger partial charge is 0.337 e. The van der Waals surface area contributed by atoms with Crippen LogP contribution in [0.25, 0.3) is 11.3 Å². The number of amidine groups is 1. The third kappa shape index (κ3) is 1.88. The lowest BCUT2D eigenvalue weighted by molar-refractivity contribution is 0.619. The van der Waals surface area contributed by atoms with E-state index in [0.29, 0.717) is 11.4 Å². The number of benzene rings is 1. The molecule has 0 atom stereocenters. The summed E-state index contributed by atoms with van der Waals surface area (Å²) in [5, 5.41) is 10.1. The van der Waals surface area contributed by atoms with E-state index in [0.717, 1.165) is 22.6 Å². The number of fused-ring (bicyclic) bond motifs is 3. The van der Waals surface area contributed by atoms with E-state index in [1.807, 2.05) is 24.3 Å². The molecule has 0 spiro atoms. The number of rotatable bonds is 1. The standard InChI is InChI=1S/C15H10FN5/c16-11-7-17-6-5-9(11)15-19-12-4-2-1-3-10(12)14-13(20-15)8-18-21-14/h1-8H,(H,18,21)(H,19,20). The summed E-state index contributed by atoms with van der Waals surface area (Å²) in [6, 6.07) is 9.24. The van der Waals surface area contributed by atoms with Crippen molar-refractivity contribution in [2.75, 3.05) is 5.32 Å². The molecule has 3 aromatic rings.